The largest absolute Gasteiger partial charge is 0.469 e. The number of carbonyl (C=O) groups is 1. The van der Waals surface area contributed by atoms with Crippen LogP contribution in [-0.2, 0) is 9.53 Å². The Morgan fingerprint density at radius 3 is 2.38 bits per heavy atom. The van der Waals surface area contributed by atoms with Gasteiger partial charge in [-0.15, -0.1) is 0 Å². The van der Waals surface area contributed by atoms with Crippen molar-refractivity contribution in [2.75, 3.05) is 7.11 Å². The van der Waals surface area contributed by atoms with Crippen LogP contribution in [0.2, 0.25) is 0 Å². The van der Waals surface area contributed by atoms with E-state index in [0.29, 0.717) is 12.8 Å². The van der Waals surface area contributed by atoms with Crippen molar-refractivity contribution in [2.45, 2.75) is 70.8 Å². The van der Waals surface area contributed by atoms with Gasteiger partial charge in [0.2, 0.25) is 0 Å². The second-order valence-electron chi connectivity index (χ2n) is 6.09. The average Bonchev–Trinajstić information content (AvgIpc) is 2.65. The first-order chi connectivity index (χ1) is 12.7. The minimum Gasteiger partial charge on any atom is -0.469 e. The molecule has 0 rings (SSSR count). The maximum absolute atomic E-state index is 10.9. The minimum absolute atomic E-state index is 0.135. The van der Waals surface area contributed by atoms with Gasteiger partial charge in [-0.2, -0.15) is 0 Å². The number of allylic oxidation sites excluding steroid dienone is 8. The van der Waals surface area contributed by atoms with Crippen molar-refractivity contribution in [3.63, 3.8) is 0 Å². The van der Waals surface area contributed by atoms with E-state index in [1.165, 1.54) is 7.11 Å². The molecule has 0 heterocycles. The molecule has 1 N–H and O–H groups in total. The van der Waals surface area contributed by atoms with Crippen molar-refractivity contribution in [1.82, 2.24) is 0 Å². The Bertz CT molecular complexity index is 470. The third-order valence-electron chi connectivity index (χ3n) is 3.72. The molecule has 0 aromatic carbocycles. The number of esters is 1. The van der Waals surface area contributed by atoms with Crippen LogP contribution in [0.4, 0.5) is 0 Å². The third-order valence-corrected chi connectivity index (χ3v) is 3.72. The molecular weight excluding hydrogens is 324 g/mol. The summed E-state index contributed by atoms with van der Waals surface area (Å²) in [5.41, 5.74) is 0. The highest BCUT2D eigenvalue weighted by atomic mass is 16.5. The van der Waals surface area contributed by atoms with Gasteiger partial charge in [0.25, 0.3) is 0 Å². The first-order valence-electron chi connectivity index (χ1n) is 9.73. The van der Waals surface area contributed by atoms with Crippen molar-refractivity contribution in [1.29, 1.82) is 0 Å². The van der Waals surface area contributed by atoms with Gasteiger partial charge in [-0.25, -0.2) is 0 Å². The van der Waals surface area contributed by atoms with E-state index in [-0.39, 0.29) is 5.97 Å². The van der Waals surface area contributed by atoms with Crippen LogP contribution in [0, 0.1) is 0 Å². The van der Waals surface area contributed by atoms with E-state index < -0.39 is 6.10 Å². The van der Waals surface area contributed by atoms with Gasteiger partial charge < -0.3 is 9.84 Å². The Kier molecular flexibility index (Phi) is 18.1. The highest BCUT2D eigenvalue weighted by Crippen LogP contribution is 2.05. The lowest BCUT2D eigenvalue weighted by atomic mass is 10.1. The quantitative estimate of drug-likeness (QED) is 0.173. The summed E-state index contributed by atoms with van der Waals surface area (Å²) >= 11 is 0. The van der Waals surface area contributed by atoms with Gasteiger partial charge in [0.15, 0.2) is 0 Å². The van der Waals surface area contributed by atoms with E-state index in [1.807, 2.05) is 24.3 Å². The third kappa shape index (κ3) is 18.5. The molecule has 0 aliphatic heterocycles. The fourth-order valence-corrected chi connectivity index (χ4v) is 2.20. The molecule has 0 aliphatic rings. The highest BCUT2D eigenvalue weighted by molar-refractivity contribution is 5.68. The number of methoxy groups -OCH3 is 1. The Labute approximate surface area is 159 Å². The van der Waals surface area contributed by atoms with Gasteiger partial charge in [-0.3, -0.25) is 4.79 Å². The normalized spacial score (nSPS) is 13.8. The predicted octanol–water partition coefficient (Wildman–Crippen LogP) is 5.83. The minimum atomic E-state index is -0.440. The molecule has 0 aliphatic carbocycles. The van der Waals surface area contributed by atoms with Crippen LogP contribution < -0.4 is 0 Å². The Balaban J connectivity index is 3.63. The summed E-state index contributed by atoms with van der Waals surface area (Å²) in [6.07, 6.45) is 28.2. The number of rotatable bonds is 15. The van der Waals surface area contributed by atoms with E-state index in [9.17, 15) is 9.90 Å². The topological polar surface area (TPSA) is 46.5 Å². The zero-order valence-corrected chi connectivity index (χ0v) is 16.5. The molecule has 0 amide bonds. The number of carbonyl (C=O) groups excluding carboxylic acids is 1. The number of aliphatic hydroxyl groups is 1. The number of aliphatic hydroxyl groups excluding tert-OH is 1. The van der Waals surface area contributed by atoms with Crippen molar-refractivity contribution >= 4 is 5.97 Å². The molecule has 0 bridgehead atoms. The van der Waals surface area contributed by atoms with Crippen molar-refractivity contribution in [2.24, 2.45) is 0 Å². The van der Waals surface area contributed by atoms with E-state index in [2.05, 4.69) is 48.1 Å². The molecule has 0 saturated heterocycles. The lowest BCUT2D eigenvalue weighted by Gasteiger charge is -2.00. The molecule has 1 unspecified atom stereocenters. The van der Waals surface area contributed by atoms with Crippen LogP contribution in [-0.4, -0.2) is 24.3 Å². The molecular formula is C23H36O3. The summed E-state index contributed by atoms with van der Waals surface area (Å²) in [6.45, 7) is 2.13. The smallest absolute Gasteiger partial charge is 0.305 e. The van der Waals surface area contributed by atoms with Crippen molar-refractivity contribution < 1.29 is 14.6 Å². The fourth-order valence-electron chi connectivity index (χ4n) is 2.20. The Hall–Kier alpha value is -1.87. The molecule has 0 saturated carbocycles. The molecule has 0 spiro atoms. The van der Waals surface area contributed by atoms with Crippen LogP contribution in [0.3, 0.4) is 0 Å². The van der Waals surface area contributed by atoms with Gasteiger partial charge in [0, 0.05) is 6.42 Å². The van der Waals surface area contributed by atoms with Gasteiger partial charge in [-0.05, 0) is 44.9 Å². The first-order valence-corrected chi connectivity index (χ1v) is 9.73. The summed E-state index contributed by atoms with van der Waals surface area (Å²) in [5, 5.41) is 9.86. The van der Waals surface area contributed by atoms with E-state index in [4.69, 9.17) is 0 Å². The summed E-state index contributed by atoms with van der Waals surface area (Å²) in [4.78, 5) is 10.9. The van der Waals surface area contributed by atoms with Gasteiger partial charge in [0.1, 0.15) is 0 Å². The maximum Gasteiger partial charge on any atom is 0.305 e. The van der Waals surface area contributed by atoms with Crippen LogP contribution in [0.25, 0.3) is 0 Å². The van der Waals surface area contributed by atoms with Crippen LogP contribution in [0.5, 0.6) is 0 Å². The van der Waals surface area contributed by atoms with Gasteiger partial charge >= 0.3 is 5.97 Å². The zero-order valence-electron chi connectivity index (χ0n) is 16.5. The summed E-state index contributed by atoms with van der Waals surface area (Å²) in [5.74, 6) is -0.135. The predicted molar refractivity (Wildman–Crippen MR) is 111 cm³/mol. The lowest BCUT2D eigenvalue weighted by Crippen LogP contribution is -1.99. The second-order valence-corrected chi connectivity index (χ2v) is 6.09. The summed E-state index contributed by atoms with van der Waals surface area (Å²) in [7, 11) is 1.42. The molecule has 1 atom stereocenters. The Morgan fingerprint density at radius 1 is 0.923 bits per heavy atom. The van der Waals surface area contributed by atoms with Crippen LogP contribution in [0.1, 0.15) is 64.7 Å². The molecule has 0 radical (unpaired) electrons. The average molecular weight is 361 g/mol. The summed E-state index contributed by atoms with van der Waals surface area (Å²) in [6, 6.07) is 0. The SMILES string of the molecule is CCC=CCC=CCC=CC=CC(O)CC=CCCCCCC(=O)OC. The molecule has 26 heavy (non-hydrogen) atoms. The highest BCUT2D eigenvalue weighted by Gasteiger charge is 1.98. The first kappa shape index (κ1) is 24.1. The summed E-state index contributed by atoms with van der Waals surface area (Å²) < 4.78 is 4.60. The van der Waals surface area contributed by atoms with E-state index in [0.717, 1.165) is 44.9 Å². The maximum atomic E-state index is 10.9. The molecule has 0 aromatic heterocycles. The van der Waals surface area contributed by atoms with Crippen LogP contribution in [0.15, 0.2) is 60.8 Å². The molecule has 146 valence electrons. The Morgan fingerprint density at radius 2 is 1.65 bits per heavy atom. The molecule has 3 nitrogen and oxygen atoms in total. The second kappa shape index (κ2) is 19.5. The zero-order chi connectivity index (χ0) is 19.3. The van der Waals surface area contributed by atoms with E-state index in [1.54, 1.807) is 0 Å². The lowest BCUT2D eigenvalue weighted by molar-refractivity contribution is -0.140. The number of ether oxygens (including phenoxy) is 1. The van der Waals surface area contributed by atoms with Gasteiger partial charge in [0.05, 0.1) is 13.2 Å². The fraction of sp³-hybridized carbons (Fsp3) is 0.522. The number of hydrogen-bond donors (Lipinski definition) is 1. The number of unbranched alkanes of at least 4 members (excludes halogenated alkanes) is 3. The van der Waals surface area contributed by atoms with Gasteiger partial charge in [-0.1, -0.05) is 74.1 Å². The number of hydrogen-bond acceptors (Lipinski definition) is 3. The van der Waals surface area contributed by atoms with Crippen molar-refractivity contribution in [3.05, 3.63) is 60.8 Å². The van der Waals surface area contributed by atoms with Crippen LogP contribution >= 0.6 is 0 Å². The molecule has 0 fully saturated rings. The monoisotopic (exact) mass is 360 g/mol. The molecule has 3 heteroatoms. The molecule has 0 aromatic rings. The standard InChI is InChI=1S/C23H36O3/c1-3-4-5-6-7-8-9-10-13-16-19-22(24)20-17-14-11-12-15-18-21-23(25)26-2/h4-5,7-8,10,13-14,16-17,19,22,24H,3,6,9,11-12,15,18,20-21H2,1-2H3. The van der Waals surface area contributed by atoms with Crippen molar-refractivity contribution in [3.8, 4) is 0 Å². The van der Waals surface area contributed by atoms with E-state index >= 15 is 0 Å².